The van der Waals surface area contributed by atoms with E-state index in [0.717, 1.165) is 34.4 Å². The van der Waals surface area contributed by atoms with Crippen molar-refractivity contribution in [3.8, 4) is 0 Å². The van der Waals surface area contributed by atoms with Crippen molar-refractivity contribution in [3.63, 3.8) is 0 Å². The Hall–Kier alpha value is -3.78. The molecule has 0 aliphatic heterocycles. The van der Waals surface area contributed by atoms with Gasteiger partial charge in [0.2, 0.25) is 0 Å². The lowest BCUT2D eigenvalue weighted by Crippen LogP contribution is -1.89. The number of allylic oxidation sites excluding steroid dienone is 6. The minimum absolute atomic E-state index is 0.265. The molecular formula is C30H31NO. The van der Waals surface area contributed by atoms with E-state index in [4.69, 9.17) is 5.73 Å². The zero-order valence-corrected chi connectivity index (χ0v) is 19.0. The quantitative estimate of drug-likeness (QED) is 0.232. The van der Waals surface area contributed by atoms with Crippen LogP contribution in [0.5, 0.6) is 0 Å². The van der Waals surface area contributed by atoms with Gasteiger partial charge in [-0.2, -0.15) is 0 Å². The third kappa shape index (κ3) is 6.61. The molecule has 0 atom stereocenters. The van der Waals surface area contributed by atoms with Crippen LogP contribution in [0.1, 0.15) is 39.8 Å². The first-order valence-corrected chi connectivity index (χ1v) is 10.9. The molecule has 3 aromatic carbocycles. The SMILES string of the molecule is Cc1ccc(/C(O)=C/C(=C\C/C=C/C=C/c2ccc(N)cc2)c2ccc(C)c(C)c2)cc1. The fraction of sp³-hybridized carbons (Fsp3) is 0.133. The second kappa shape index (κ2) is 11.0. The van der Waals surface area contributed by atoms with Crippen molar-refractivity contribution < 1.29 is 5.11 Å². The van der Waals surface area contributed by atoms with Crippen LogP contribution in [-0.2, 0) is 0 Å². The summed E-state index contributed by atoms with van der Waals surface area (Å²) in [5.74, 6) is 0.265. The Morgan fingerprint density at radius 2 is 1.50 bits per heavy atom. The van der Waals surface area contributed by atoms with E-state index in [2.05, 4.69) is 44.2 Å². The lowest BCUT2D eigenvalue weighted by atomic mass is 9.98. The molecule has 0 radical (unpaired) electrons. The maximum Gasteiger partial charge on any atom is 0.123 e. The second-order valence-electron chi connectivity index (χ2n) is 8.04. The van der Waals surface area contributed by atoms with Gasteiger partial charge < -0.3 is 10.8 Å². The van der Waals surface area contributed by atoms with E-state index in [1.807, 2.05) is 79.8 Å². The molecule has 0 unspecified atom stereocenters. The van der Waals surface area contributed by atoms with E-state index >= 15 is 0 Å². The summed E-state index contributed by atoms with van der Waals surface area (Å²) in [4.78, 5) is 0. The van der Waals surface area contributed by atoms with E-state index < -0.39 is 0 Å². The van der Waals surface area contributed by atoms with Gasteiger partial charge in [-0.05, 0) is 73.2 Å². The number of hydrogen-bond donors (Lipinski definition) is 2. The molecule has 3 N–H and O–H groups in total. The number of aliphatic hydroxyl groups is 1. The minimum atomic E-state index is 0.265. The highest BCUT2D eigenvalue weighted by Gasteiger charge is 2.05. The van der Waals surface area contributed by atoms with E-state index in [1.54, 1.807) is 0 Å². The number of nitrogens with two attached hydrogens (primary N) is 1. The van der Waals surface area contributed by atoms with Crippen LogP contribution >= 0.6 is 0 Å². The predicted molar refractivity (Wildman–Crippen MR) is 139 cm³/mol. The number of anilines is 1. The van der Waals surface area contributed by atoms with Crippen molar-refractivity contribution in [1.29, 1.82) is 0 Å². The zero-order chi connectivity index (χ0) is 22.9. The lowest BCUT2D eigenvalue weighted by molar-refractivity contribution is 0.512. The molecule has 0 aliphatic carbocycles. The predicted octanol–water partition coefficient (Wildman–Crippen LogP) is 7.84. The number of nitrogen functional groups attached to an aromatic ring is 1. The van der Waals surface area contributed by atoms with Crippen LogP contribution in [0.4, 0.5) is 5.69 Å². The molecule has 32 heavy (non-hydrogen) atoms. The molecule has 162 valence electrons. The molecular weight excluding hydrogens is 390 g/mol. The number of benzene rings is 3. The van der Waals surface area contributed by atoms with Gasteiger partial charge >= 0.3 is 0 Å². The summed E-state index contributed by atoms with van der Waals surface area (Å²) in [5.41, 5.74) is 14.2. The van der Waals surface area contributed by atoms with Gasteiger partial charge in [-0.15, -0.1) is 0 Å². The van der Waals surface area contributed by atoms with Gasteiger partial charge in [0, 0.05) is 11.3 Å². The standard InChI is InChI=1S/C30H31NO/c1-22-10-15-26(16-11-22)30(32)21-27(28-17-12-23(2)24(3)20-28)9-7-5-4-6-8-25-13-18-29(31)19-14-25/h4-6,8-21,32H,7,31H2,1-3H3/b5-4+,8-6+,27-9+,30-21-. The first-order chi connectivity index (χ1) is 15.4. The molecule has 0 bridgehead atoms. The highest BCUT2D eigenvalue weighted by molar-refractivity contribution is 5.82. The summed E-state index contributed by atoms with van der Waals surface area (Å²) in [6.07, 6.45) is 13.0. The molecule has 0 aromatic heterocycles. The van der Waals surface area contributed by atoms with Crippen molar-refractivity contribution in [2.45, 2.75) is 27.2 Å². The number of aryl methyl sites for hydroxylation is 3. The normalized spacial score (nSPS) is 12.7. The van der Waals surface area contributed by atoms with Crippen LogP contribution in [0.15, 0.2) is 97.1 Å². The first-order valence-electron chi connectivity index (χ1n) is 10.9. The van der Waals surface area contributed by atoms with E-state index in [1.165, 1.54) is 16.7 Å². The highest BCUT2D eigenvalue weighted by atomic mass is 16.3. The molecule has 0 spiro atoms. The van der Waals surface area contributed by atoms with Gasteiger partial charge in [-0.3, -0.25) is 0 Å². The largest absolute Gasteiger partial charge is 0.507 e. The molecule has 0 heterocycles. The molecule has 2 nitrogen and oxygen atoms in total. The molecule has 0 amide bonds. The van der Waals surface area contributed by atoms with Gasteiger partial charge in [0.25, 0.3) is 0 Å². The van der Waals surface area contributed by atoms with Crippen LogP contribution in [0.3, 0.4) is 0 Å². The van der Waals surface area contributed by atoms with Gasteiger partial charge in [-0.1, -0.05) is 90.5 Å². The fourth-order valence-corrected chi connectivity index (χ4v) is 3.26. The Bertz CT molecular complexity index is 1160. The molecule has 0 saturated carbocycles. The lowest BCUT2D eigenvalue weighted by Gasteiger charge is -2.08. The third-order valence-electron chi connectivity index (χ3n) is 5.43. The average Bonchev–Trinajstić information content (AvgIpc) is 2.78. The summed E-state index contributed by atoms with van der Waals surface area (Å²) in [5, 5.41) is 10.7. The Balaban J connectivity index is 1.80. The van der Waals surface area contributed by atoms with Crippen LogP contribution < -0.4 is 5.73 Å². The van der Waals surface area contributed by atoms with E-state index in [9.17, 15) is 5.11 Å². The van der Waals surface area contributed by atoms with E-state index in [0.29, 0.717) is 0 Å². The average molecular weight is 422 g/mol. The smallest absolute Gasteiger partial charge is 0.123 e. The van der Waals surface area contributed by atoms with Crippen LogP contribution in [0.2, 0.25) is 0 Å². The molecule has 3 aromatic rings. The van der Waals surface area contributed by atoms with Gasteiger partial charge in [0.05, 0.1) is 0 Å². The number of hydrogen-bond acceptors (Lipinski definition) is 2. The number of rotatable bonds is 7. The summed E-state index contributed by atoms with van der Waals surface area (Å²) in [7, 11) is 0. The van der Waals surface area contributed by atoms with Crippen LogP contribution in [0.25, 0.3) is 17.4 Å². The Morgan fingerprint density at radius 3 is 2.19 bits per heavy atom. The van der Waals surface area contributed by atoms with Gasteiger partial charge in [0.1, 0.15) is 5.76 Å². The van der Waals surface area contributed by atoms with Crippen molar-refractivity contribution in [1.82, 2.24) is 0 Å². The molecule has 2 heteroatoms. The molecule has 0 aliphatic rings. The highest BCUT2D eigenvalue weighted by Crippen LogP contribution is 2.24. The maximum atomic E-state index is 10.7. The molecule has 3 rings (SSSR count). The van der Waals surface area contributed by atoms with Crippen LogP contribution in [-0.4, -0.2) is 5.11 Å². The van der Waals surface area contributed by atoms with Crippen molar-refractivity contribution in [3.05, 3.63) is 130 Å². The maximum absolute atomic E-state index is 10.7. The molecule has 0 fully saturated rings. The third-order valence-corrected chi connectivity index (χ3v) is 5.43. The van der Waals surface area contributed by atoms with Crippen molar-refractivity contribution >= 4 is 23.1 Å². The first kappa shape index (κ1) is 22.9. The van der Waals surface area contributed by atoms with E-state index in [-0.39, 0.29) is 5.76 Å². The summed E-state index contributed by atoms with van der Waals surface area (Å²) in [6.45, 7) is 6.26. The van der Waals surface area contributed by atoms with Crippen LogP contribution in [0, 0.1) is 20.8 Å². The summed E-state index contributed by atoms with van der Waals surface area (Å²) < 4.78 is 0. The summed E-state index contributed by atoms with van der Waals surface area (Å²) >= 11 is 0. The zero-order valence-electron chi connectivity index (χ0n) is 19.0. The molecule has 0 saturated heterocycles. The monoisotopic (exact) mass is 421 g/mol. The topological polar surface area (TPSA) is 46.2 Å². The van der Waals surface area contributed by atoms with Gasteiger partial charge in [-0.25, -0.2) is 0 Å². The minimum Gasteiger partial charge on any atom is -0.507 e. The number of aliphatic hydroxyl groups excluding tert-OH is 1. The Labute approximate surface area is 191 Å². The fourth-order valence-electron chi connectivity index (χ4n) is 3.26. The Morgan fingerprint density at radius 1 is 0.812 bits per heavy atom. The second-order valence-corrected chi connectivity index (χ2v) is 8.04. The van der Waals surface area contributed by atoms with Crippen molar-refractivity contribution in [2.75, 3.05) is 5.73 Å². The van der Waals surface area contributed by atoms with Gasteiger partial charge in [0.15, 0.2) is 0 Å². The van der Waals surface area contributed by atoms with Crippen molar-refractivity contribution in [2.24, 2.45) is 0 Å². The summed E-state index contributed by atoms with van der Waals surface area (Å²) in [6, 6.07) is 22.1. The Kier molecular flexibility index (Phi) is 7.88.